The Hall–Kier alpha value is -1.29. The third kappa shape index (κ3) is 1.72. The summed E-state index contributed by atoms with van der Waals surface area (Å²) in [6.07, 6.45) is 0. The Bertz CT molecular complexity index is 328. The van der Waals surface area contributed by atoms with Crippen molar-refractivity contribution in [3.05, 3.63) is 23.5 Å². The highest BCUT2D eigenvalue weighted by Crippen LogP contribution is 2.37. The molecule has 4 heteroatoms. The van der Waals surface area contributed by atoms with Crippen LogP contribution in [0.25, 0.3) is 0 Å². The van der Waals surface area contributed by atoms with Gasteiger partial charge in [0, 0.05) is 5.56 Å². The van der Waals surface area contributed by atoms with Gasteiger partial charge in [0.15, 0.2) is 17.3 Å². The molecule has 3 nitrogen and oxygen atoms in total. The summed E-state index contributed by atoms with van der Waals surface area (Å²) < 4.78 is 12.7. The average Bonchev–Trinajstić information content (AvgIpc) is 1.98. The van der Waals surface area contributed by atoms with Crippen molar-refractivity contribution in [2.45, 2.75) is 19.4 Å². The van der Waals surface area contributed by atoms with Crippen LogP contribution in [0.15, 0.2) is 12.1 Å². The number of rotatable bonds is 1. The van der Waals surface area contributed by atoms with Crippen molar-refractivity contribution in [2.75, 3.05) is 0 Å². The Kier molecular flexibility index (Phi) is 2.17. The van der Waals surface area contributed by atoms with E-state index in [1.807, 2.05) is 0 Å². The van der Waals surface area contributed by atoms with Crippen LogP contribution in [0.3, 0.4) is 0 Å². The molecule has 0 unspecified atom stereocenters. The summed E-state index contributed by atoms with van der Waals surface area (Å²) in [5, 5.41) is 27.8. The number of hydrogen-bond acceptors (Lipinski definition) is 3. The predicted molar refractivity (Wildman–Crippen MR) is 45.0 cm³/mol. The topological polar surface area (TPSA) is 60.7 Å². The van der Waals surface area contributed by atoms with Crippen molar-refractivity contribution >= 4 is 0 Å². The number of halogens is 1. The Morgan fingerprint density at radius 3 is 2.15 bits per heavy atom. The highest BCUT2D eigenvalue weighted by molar-refractivity contribution is 5.47. The quantitative estimate of drug-likeness (QED) is 0.582. The molecule has 0 spiro atoms. The number of benzene rings is 1. The first-order valence-corrected chi connectivity index (χ1v) is 3.77. The van der Waals surface area contributed by atoms with Crippen LogP contribution in [0.4, 0.5) is 4.39 Å². The fourth-order valence-electron chi connectivity index (χ4n) is 1.05. The van der Waals surface area contributed by atoms with Crippen LogP contribution in [0.5, 0.6) is 11.5 Å². The number of hydrogen-bond donors (Lipinski definition) is 3. The second-order valence-electron chi connectivity index (χ2n) is 3.35. The third-order valence-corrected chi connectivity index (χ3v) is 1.76. The predicted octanol–water partition coefficient (Wildman–Crippen LogP) is 1.46. The van der Waals surface area contributed by atoms with Gasteiger partial charge in [0.25, 0.3) is 0 Å². The van der Waals surface area contributed by atoms with E-state index in [4.69, 9.17) is 5.11 Å². The summed E-state index contributed by atoms with van der Waals surface area (Å²) in [6.45, 7) is 2.86. The second kappa shape index (κ2) is 2.88. The van der Waals surface area contributed by atoms with E-state index >= 15 is 0 Å². The maximum atomic E-state index is 12.7. The Morgan fingerprint density at radius 1 is 1.15 bits per heavy atom. The summed E-state index contributed by atoms with van der Waals surface area (Å²) in [5.41, 5.74) is -1.22. The molecule has 0 saturated carbocycles. The van der Waals surface area contributed by atoms with E-state index in [-0.39, 0.29) is 5.56 Å². The molecule has 0 aliphatic carbocycles. The molecule has 3 N–H and O–H groups in total. The Labute approximate surface area is 75.1 Å². The van der Waals surface area contributed by atoms with Gasteiger partial charge in [0.1, 0.15) is 0 Å². The largest absolute Gasteiger partial charge is 0.504 e. The number of phenols is 2. The second-order valence-corrected chi connectivity index (χ2v) is 3.35. The van der Waals surface area contributed by atoms with Crippen molar-refractivity contribution in [1.29, 1.82) is 0 Å². The molecule has 72 valence electrons. The lowest BCUT2D eigenvalue weighted by atomic mass is 9.97. The number of phenolic OH excluding ortho intramolecular Hbond substituents is 2. The van der Waals surface area contributed by atoms with Crippen molar-refractivity contribution in [1.82, 2.24) is 0 Å². The Morgan fingerprint density at radius 2 is 1.69 bits per heavy atom. The van der Waals surface area contributed by atoms with Crippen LogP contribution in [0, 0.1) is 5.82 Å². The van der Waals surface area contributed by atoms with Gasteiger partial charge in [0.05, 0.1) is 5.60 Å². The molecule has 0 radical (unpaired) electrons. The first kappa shape index (κ1) is 9.80. The highest BCUT2D eigenvalue weighted by atomic mass is 19.1. The summed E-state index contributed by atoms with van der Waals surface area (Å²) >= 11 is 0. The minimum Gasteiger partial charge on any atom is -0.504 e. The van der Waals surface area contributed by atoms with Crippen molar-refractivity contribution < 1.29 is 19.7 Å². The lowest BCUT2D eigenvalue weighted by Crippen LogP contribution is -2.15. The van der Waals surface area contributed by atoms with E-state index in [1.165, 1.54) is 19.9 Å². The monoisotopic (exact) mass is 186 g/mol. The molecular formula is C9H11FO3. The SMILES string of the molecule is CC(C)(O)c1ccc(F)c(O)c1O. The summed E-state index contributed by atoms with van der Waals surface area (Å²) in [4.78, 5) is 0. The van der Waals surface area contributed by atoms with Gasteiger partial charge < -0.3 is 15.3 Å². The molecule has 0 aromatic heterocycles. The van der Waals surface area contributed by atoms with Gasteiger partial charge in [0.2, 0.25) is 0 Å². The van der Waals surface area contributed by atoms with E-state index < -0.39 is 22.9 Å². The maximum absolute atomic E-state index is 12.7. The van der Waals surface area contributed by atoms with E-state index in [0.29, 0.717) is 0 Å². The third-order valence-electron chi connectivity index (χ3n) is 1.76. The lowest BCUT2D eigenvalue weighted by Gasteiger charge is -2.19. The van der Waals surface area contributed by atoms with Gasteiger partial charge in [-0.05, 0) is 26.0 Å². The smallest absolute Gasteiger partial charge is 0.194 e. The van der Waals surface area contributed by atoms with Gasteiger partial charge in [-0.3, -0.25) is 0 Å². The molecule has 0 heterocycles. The first-order valence-electron chi connectivity index (χ1n) is 3.77. The van der Waals surface area contributed by atoms with Crippen LogP contribution >= 0.6 is 0 Å². The summed E-state index contributed by atoms with van der Waals surface area (Å²) in [7, 11) is 0. The molecule has 0 atom stereocenters. The molecule has 0 fully saturated rings. The molecular weight excluding hydrogens is 175 g/mol. The Balaban J connectivity index is 3.35. The molecule has 1 aromatic rings. The molecule has 1 rings (SSSR count). The van der Waals surface area contributed by atoms with Crippen LogP contribution in [-0.2, 0) is 5.60 Å². The first-order chi connectivity index (χ1) is 5.84. The van der Waals surface area contributed by atoms with Crippen LogP contribution in [0.1, 0.15) is 19.4 Å². The minimum absolute atomic E-state index is 0.0893. The van der Waals surface area contributed by atoms with Crippen molar-refractivity contribution in [3.63, 3.8) is 0 Å². The average molecular weight is 186 g/mol. The molecule has 0 saturated heterocycles. The van der Waals surface area contributed by atoms with Crippen LogP contribution in [0.2, 0.25) is 0 Å². The number of aliphatic hydroxyl groups is 1. The van der Waals surface area contributed by atoms with E-state index in [0.717, 1.165) is 6.07 Å². The summed E-state index contributed by atoms with van der Waals surface area (Å²) in [6, 6.07) is 2.22. The maximum Gasteiger partial charge on any atom is 0.194 e. The van der Waals surface area contributed by atoms with Crippen molar-refractivity contribution in [3.8, 4) is 11.5 Å². The molecule has 0 amide bonds. The zero-order chi connectivity index (χ0) is 10.2. The molecule has 0 aliphatic rings. The lowest BCUT2D eigenvalue weighted by molar-refractivity contribution is 0.0751. The fraction of sp³-hybridized carbons (Fsp3) is 0.333. The molecule has 1 aromatic carbocycles. The molecule has 13 heavy (non-hydrogen) atoms. The van der Waals surface area contributed by atoms with Gasteiger partial charge >= 0.3 is 0 Å². The van der Waals surface area contributed by atoms with Gasteiger partial charge in [-0.1, -0.05) is 0 Å². The zero-order valence-electron chi connectivity index (χ0n) is 7.37. The van der Waals surface area contributed by atoms with Crippen molar-refractivity contribution in [2.24, 2.45) is 0 Å². The van der Waals surface area contributed by atoms with Crippen LogP contribution < -0.4 is 0 Å². The summed E-state index contributed by atoms with van der Waals surface area (Å²) in [5.74, 6) is -2.36. The molecule has 0 bridgehead atoms. The highest BCUT2D eigenvalue weighted by Gasteiger charge is 2.23. The van der Waals surface area contributed by atoms with Gasteiger partial charge in [-0.2, -0.15) is 0 Å². The fourth-order valence-corrected chi connectivity index (χ4v) is 1.05. The van der Waals surface area contributed by atoms with E-state index in [1.54, 1.807) is 0 Å². The normalized spacial score (nSPS) is 11.7. The standard InChI is InChI=1S/C9H11FO3/c1-9(2,13)5-3-4-6(10)8(12)7(5)11/h3-4,11-13H,1-2H3. The zero-order valence-corrected chi connectivity index (χ0v) is 7.37. The number of aromatic hydroxyl groups is 2. The van der Waals surface area contributed by atoms with Gasteiger partial charge in [-0.25, -0.2) is 4.39 Å². The van der Waals surface area contributed by atoms with Gasteiger partial charge in [-0.15, -0.1) is 0 Å². The molecule has 0 aliphatic heterocycles. The minimum atomic E-state index is -1.31. The van der Waals surface area contributed by atoms with E-state index in [2.05, 4.69) is 0 Å². The van der Waals surface area contributed by atoms with Crippen LogP contribution in [-0.4, -0.2) is 15.3 Å². The van der Waals surface area contributed by atoms with E-state index in [9.17, 15) is 14.6 Å².